The van der Waals surface area contributed by atoms with Gasteiger partial charge < -0.3 is 10.0 Å². The molecule has 22 heavy (non-hydrogen) atoms. The van der Waals surface area contributed by atoms with Crippen molar-refractivity contribution in [1.82, 2.24) is 4.90 Å². The van der Waals surface area contributed by atoms with Gasteiger partial charge >= 0.3 is 5.97 Å². The van der Waals surface area contributed by atoms with Gasteiger partial charge in [0, 0.05) is 6.54 Å². The molecule has 0 amide bonds. The monoisotopic (exact) mass is 309 g/mol. The predicted octanol–water partition coefficient (Wildman–Crippen LogP) is 5.04. The van der Waals surface area contributed by atoms with Gasteiger partial charge in [-0.3, -0.25) is 4.79 Å². The summed E-state index contributed by atoms with van der Waals surface area (Å²) in [4.78, 5) is 13.1. The molecular formula is C19H35NO2. The van der Waals surface area contributed by atoms with E-state index in [1.165, 1.54) is 51.4 Å². The molecule has 1 N–H and O–H groups in total. The molecule has 0 bridgehead atoms. The van der Waals surface area contributed by atoms with Crippen LogP contribution in [0.25, 0.3) is 0 Å². The minimum absolute atomic E-state index is 0.257. The van der Waals surface area contributed by atoms with Gasteiger partial charge in [0.2, 0.25) is 0 Å². The van der Waals surface area contributed by atoms with Crippen molar-refractivity contribution in [2.24, 2.45) is 0 Å². The average molecular weight is 309 g/mol. The van der Waals surface area contributed by atoms with Crippen LogP contribution in [0.1, 0.15) is 70.6 Å². The van der Waals surface area contributed by atoms with E-state index in [2.05, 4.69) is 18.1 Å². The van der Waals surface area contributed by atoms with E-state index in [1.54, 1.807) is 0 Å². The number of carbonyl (C=O) groups is 1. The zero-order valence-corrected chi connectivity index (χ0v) is 14.3. The molecule has 0 aliphatic rings. The molecule has 3 heteroatoms. The third kappa shape index (κ3) is 15.3. The van der Waals surface area contributed by atoms with Gasteiger partial charge in [0.15, 0.2) is 0 Å². The number of carboxylic acids is 1. The van der Waals surface area contributed by atoms with Gasteiger partial charge in [-0.2, -0.15) is 0 Å². The Morgan fingerprint density at radius 2 is 1.23 bits per heavy atom. The second-order valence-corrected chi connectivity index (χ2v) is 5.97. The Labute approximate surface area is 137 Å². The zero-order chi connectivity index (χ0) is 16.5. The lowest BCUT2D eigenvalue weighted by Crippen LogP contribution is -2.28. The minimum atomic E-state index is -0.693. The molecule has 0 aromatic rings. The molecule has 0 unspecified atom stereocenters. The molecule has 0 aliphatic carbocycles. The Hall–Kier alpha value is -1.09. The minimum Gasteiger partial charge on any atom is -0.481 e. The third-order valence-electron chi connectivity index (χ3n) is 3.91. The molecule has 0 aromatic carbocycles. The molecule has 3 nitrogen and oxygen atoms in total. The summed E-state index contributed by atoms with van der Waals surface area (Å²) in [5.74, 6) is -0.693. The highest BCUT2D eigenvalue weighted by molar-refractivity contribution is 5.66. The lowest BCUT2D eigenvalue weighted by Gasteiger charge is -2.21. The van der Waals surface area contributed by atoms with Crippen LogP contribution in [0, 0.1) is 0 Å². The van der Waals surface area contributed by atoms with Gasteiger partial charge in [-0.15, -0.1) is 13.2 Å². The summed E-state index contributed by atoms with van der Waals surface area (Å²) >= 11 is 0. The maximum absolute atomic E-state index is 10.8. The highest BCUT2D eigenvalue weighted by Crippen LogP contribution is 2.08. The molecule has 0 rings (SSSR count). The molecule has 0 heterocycles. The first-order valence-corrected chi connectivity index (χ1v) is 8.86. The molecule has 0 radical (unpaired) electrons. The summed E-state index contributed by atoms with van der Waals surface area (Å²) in [6, 6.07) is 0. The van der Waals surface area contributed by atoms with E-state index in [1.807, 2.05) is 12.2 Å². The van der Waals surface area contributed by atoms with Gasteiger partial charge in [0.05, 0.1) is 6.42 Å². The van der Waals surface area contributed by atoms with E-state index in [9.17, 15) is 4.79 Å². The van der Waals surface area contributed by atoms with E-state index in [4.69, 9.17) is 5.11 Å². The second kappa shape index (κ2) is 16.3. The summed E-state index contributed by atoms with van der Waals surface area (Å²) in [5.41, 5.74) is 0. The average Bonchev–Trinajstić information content (AvgIpc) is 2.50. The Morgan fingerprint density at radius 1 is 0.773 bits per heavy atom. The standard InChI is InChI=1S/C19H35NO2/c1-3-5-7-9-11-13-16-20(18-15-19(21)22)17-14-12-10-8-6-4-2/h3-4H,1-2,5-18H2,(H,21,22). The smallest absolute Gasteiger partial charge is 0.304 e. The van der Waals surface area contributed by atoms with Crippen molar-refractivity contribution in [1.29, 1.82) is 0 Å². The Balaban J connectivity index is 3.76. The fourth-order valence-electron chi connectivity index (χ4n) is 2.54. The molecule has 0 atom stereocenters. The van der Waals surface area contributed by atoms with E-state index in [-0.39, 0.29) is 6.42 Å². The van der Waals surface area contributed by atoms with Crippen LogP contribution in [0.15, 0.2) is 25.3 Å². The SMILES string of the molecule is C=CCCCCCCN(CCCCCCC=C)CCC(=O)O. The van der Waals surface area contributed by atoms with Crippen molar-refractivity contribution in [3.05, 3.63) is 25.3 Å². The maximum Gasteiger partial charge on any atom is 0.304 e. The quantitative estimate of drug-likeness (QED) is 0.302. The van der Waals surface area contributed by atoms with Crippen LogP contribution in [0.5, 0.6) is 0 Å². The van der Waals surface area contributed by atoms with Gasteiger partial charge in [-0.05, 0) is 51.6 Å². The Kier molecular flexibility index (Phi) is 15.5. The van der Waals surface area contributed by atoms with E-state index in [0.29, 0.717) is 6.54 Å². The van der Waals surface area contributed by atoms with E-state index in [0.717, 1.165) is 25.9 Å². The molecule has 0 fully saturated rings. The number of nitrogens with zero attached hydrogens (tertiary/aromatic N) is 1. The van der Waals surface area contributed by atoms with Crippen molar-refractivity contribution < 1.29 is 9.90 Å². The predicted molar refractivity (Wildman–Crippen MR) is 95.3 cm³/mol. The van der Waals surface area contributed by atoms with Crippen LogP contribution < -0.4 is 0 Å². The topological polar surface area (TPSA) is 40.5 Å². The number of allylic oxidation sites excluding steroid dienone is 2. The van der Waals surface area contributed by atoms with Crippen LogP contribution >= 0.6 is 0 Å². The number of carboxylic acid groups (broad SMARTS) is 1. The first kappa shape index (κ1) is 20.9. The first-order valence-electron chi connectivity index (χ1n) is 8.86. The summed E-state index contributed by atoms with van der Waals surface area (Å²) < 4.78 is 0. The molecule has 0 aliphatic heterocycles. The molecule has 0 spiro atoms. The van der Waals surface area contributed by atoms with E-state index >= 15 is 0 Å². The molecule has 0 aromatic heterocycles. The highest BCUT2D eigenvalue weighted by Gasteiger charge is 2.07. The van der Waals surface area contributed by atoms with Crippen molar-refractivity contribution in [3.63, 3.8) is 0 Å². The van der Waals surface area contributed by atoms with Crippen molar-refractivity contribution in [2.75, 3.05) is 19.6 Å². The molecular weight excluding hydrogens is 274 g/mol. The number of unbranched alkanes of at least 4 members (excludes halogenated alkanes) is 8. The summed E-state index contributed by atoms with van der Waals surface area (Å²) in [6.07, 6.45) is 16.2. The normalized spacial score (nSPS) is 10.8. The lowest BCUT2D eigenvalue weighted by atomic mass is 10.1. The number of hydrogen-bond donors (Lipinski definition) is 1. The Morgan fingerprint density at radius 3 is 1.64 bits per heavy atom. The summed E-state index contributed by atoms with van der Waals surface area (Å²) in [7, 11) is 0. The first-order chi connectivity index (χ1) is 10.7. The van der Waals surface area contributed by atoms with Crippen LogP contribution in [0.2, 0.25) is 0 Å². The van der Waals surface area contributed by atoms with Crippen molar-refractivity contribution in [3.8, 4) is 0 Å². The molecule has 0 saturated carbocycles. The summed E-state index contributed by atoms with van der Waals surface area (Å²) in [6.45, 7) is 10.2. The molecule has 0 saturated heterocycles. The van der Waals surface area contributed by atoms with Gasteiger partial charge in [0.1, 0.15) is 0 Å². The number of hydrogen-bond acceptors (Lipinski definition) is 2. The number of rotatable bonds is 17. The fraction of sp³-hybridized carbons (Fsp3) is 0.737. The largest absolute Gasteiger partial charge is 0.481 e. The number of aliphatic carboxylic acids is 1. The highest BCUT2D eigenvalue weighted by atomic mass is 16.4. The van der Waals surface area contributed by atoms with Gasteiger partial charge in [-0.1, -0.05) is 37.8 Å². The van der Waals surface area contributed by atoms with Gasteiger partial charge in [0.25, 0.3) is 0 Å². The fourth-order valence-corrected chi connectivity index (χ4v) is 2.54. The summed E-state index contributed by atoms with van der Waals surface area (Å²) in [5, 5.41) is 8.85. The van der Waals surface area contributed by atoms with Crippen LogP contribution in [0.4, 0.5) is 0 Å². The Bertz CT molecular complexity index is 269. The second-order valence-electron chi connectivity index (χ2n) is 5.97. The lowest BCUT2D eigenvalue weighted by molar-refractivity contribution is -0.137. The van der Waals surface area contributed by atoms with Crippen molar-refractivity contribution in [2.45, 2.75) is 70.6 Å². The van der Waals surface area contributed by atoms with Crippen molar-refractivity contribution >= 4 is 5.97 Å². The van der Waals surface area contributed by atoms with Crippen LogP contribution in [-0.2, 0) is 4.79 Å². The maximum atomic E-state index is 10.8. The van der Waals surface area contributed by atoms with Gasteiger partial charge in [-0.25, -0.2) is 0 Å². The third-order valence-corrected chi connectivity index (χ3v) is 3.91. The van der Waals surface area contributed by atoms with E-state index < -0.39 is 5.97 Å². The molecule has 128 valence electrons. The zero-order valence-electron chi connectivity index (χ0n) is 14.3. The van der Waals surface area contributed by atoms with Crippen LogP contribution in [0.3, 0.4) is 0 Å². The van der Waals surface area contributed by atoms with Crippen LogP contribution in [-0.4, -0.2) is 35.6 Å².